The number of rotatable bonds is 2. The van der Waals surface area contributed by atoms with E-state index in [0.29, 0.717) is 0 Å². The van der Waals surface area contributed by atoms with E-state index in [1.54, 1.807) is 6.33 Å². The van der Waals surface area contributed by atoms with Gasteiger partial charge in [-0.15, -0.1) is 0 Å². The number of anilines is 2. The number of hydrogen-bond donors (Lipinski definition) is 1. The molecular weight excluding hydrogens is 176 g/mol. The Morgan fingerprint density at radius 2 is 1.86 bits per heavy atom. The molecule has 0 aliphatic carbocycles. The van der Waals surface area contributed by atoms with Crippen molar-refractivity contribution in [2.24, 2.45) is 0 Å². The van der Waals surface area contributed by atoms with Crippen LogP contribution in [0.1, 0.15) is 20.8 Å². The molecule has 0 aliphatic rings. The van der Waals surface area contributed by atoms with Crippen LogP contribution in [-0.4, -0.2) is 29.6 Å². The van der Waals surface area contributed by atoms with Crippen molar-refractivity contribution >= 4 is 11.6 Å². The second-order valence-corrected chi connectivity index (χ2v) is 4.53. The Hall–Kier alpha value is -1.32. The van der Waals surface area contributed by atoms with Crippen molar-refractivity contribution in [2.75, 3.05) is 24.3 Å². The van der Waals surface area contributed by atoms with Gasteiger partial charge in [0.05, 0.1) is 0 Å². The molecule has 0 fully saturated rings. The van der Waals surface area contributed by atoms with Crippen LogP contribution in [0, 0.1) is 0 Å². The molecule has 1 N–H and O–H groups in total. The summed E-state index contributed by atoms with van der Waals surface area (Å²) in [5.74, 6) is 1.77. The molecule has 0 aliphatic heterocycles. The lowest BCUT2D eigenvalue weighted by molar-refractivity contribution is 0.630. The minimum absolute atomic E-state index is 0.0257. The van der Waals surface area contributed by atoms with Gasteiger partial charge in [-0.25, -0.2) is 9.97 Å². The third-order valence-corrected chi connectivity index (χ3v) is 1.61. The summed E-state index contributed by atoms with van der Waals surface area (Å²) in [6.07, 6.45) is 1.57. The van der Waals surface area contributed by atoms with Crippen molar-refractivity contribution in [1.82, 2.24) is 9.97 Å². The van der Waals surface area contributed by atoms with Crippen LogP contribution in [0.3, 0.4) is 0 Å². The Labute approximate surface area is 85.4 Å². The summed E-state index contributed by atoms with van der Waals surface area (Å²) < 4.78 is 0. The van der Waals surface area contributed by atoms with Gasteiger partial charge in [0.25, 0.3) is 0 Å². The van der Waals surface area contributed by atoms with Gasteiger partial charge in [-0.05, 0) is 20.8 Å². The largest absolute Gasteiger partial charge is 0.365 e. The van der Waals surface area contributed by atoms with Crippen LogP contribution < -0.4 is 10.2 Å². The Morgan fingerprint density at radius 3 is 2.36 bits per heavy atom. The maximum atomic E-state index is 4.16. The van der Waals surface area contributed by atoms with E-state index >= 15 is 0 Å². The van der Waals surface area contributed by atoms with E-state index in [9.17, 15) is 0 Å². The summed E-state index contributed by atoms with van der Waals surface area (Å²) >= 11 is 0. The molecule has 14 heavy (non-hydrogen) atoms. The fourth-order valence-corrected chi connectivity index (χ4v) is 1.04. The molecule has 0 saturated heterocycles. The third-order valence-electron chi connectivity index (χ3n) is 1.61. The first-order valence-corrected chi connectivity index (χ1v) is 4.66. The van der Waals surface area contributed by atoms with Gasteiger partial charge in [-0.3, -0.25) is 0 Å². The Kier molecular flexibility index (Phi) is 2.93. The zero-order chi connectivity index (χ0) is 10.8. The summed E-state index contributed by atoms with van der Waals surface area (Å²) in [6, 6.07) is 1.94. The lowest BCUT2D eigenvalue weighted by Crippen LogP contribution is -2.27. The third kappa shape index (κ3) is 3.20. The minimum Gasteiger partial charge on any atom is -0.365 e. The maximum absolute atomic E-state index is 4.16. The highest BCUT2D eigenvalue weighted by Gasteiger charge is 2.10. The molecule has 1 aromatic rings. The van der Waals surface area contributed by atoms with Gasteiger partial charge >= 0.3 is 0 Å². The highest BCUT2D eigenvalue weighted by Crippen LogP contribution is 2.15. The van der Waals surface area contributed by atoms with Crippen molar-refractivity contribution in [3.63, 3.8) is 0 Å². The fourth-order valence-electron chi connectivity index (χ4n) is 1.04. The van der Waals surface area contributed by atoms with Gasteiger partial charge < -0.3 is 10.2 Å². The number of hydrogen-bond acceptors (Lipinski definition) is 4. The van der Waals surface area contributed by atoms with Crippen molar-refractivity contribution < 1.29 is 0 Å². The molecule has 1 heterocycles. The fraction of sp³-hybridized carbons (Fsp3) is 0.600. The molecule has 0 atom stereocenters. The molecule has 0 saturated carbocycles. The second-order valence-electron chi connectivity index (χ2n) is 4.53. The quantitative estimate of drug-likeness (QED) is 0.778. The highest BCUT2D eigenvalue weighted by atomic mass is 15.2. The van der Waals surface area contributed by atoms with Crippen LogP contribution in [0.5, 0.6) is 0 Å². The number of nitrogens with one attached hydrogen (secondary N) is 1. The van der Waals surface area contributed by atoms with E-state index in [1.165, 1.54) is 0 Å². The van der Waals surface area contributed by atoms with E-state index in [1.807, 2.05) is 25.1 Å². The average molecular weight is 194 g/mol. The Morgan fingerprint density at radius 1 is 1.21 bits per heavy atom. The molecule has 1 rings (SSSR count). The van der Waals surface area contributed by atoms with E-state index < -0.39 is 0 Å². The molecule has 0 spiro atoms. The summed E-state index contributed by atoms with van der Waals surface area (Å²) in [6.45, 7) is 6.30. The monoisotopic (exact) mass is 194 g/mol. The maximum Gasteiger partial charge on any atom is 0.133 e. The zero-order valence-electron chi connectivity index (χ0n) is 9.50. The van der Waals surface area contributed by atoms with Crippen molar-refractivity contribution in [3.05, 3.63) is 12.4 Å². The SMILES string of the molecule is CN(C)c1cc(NC(C)(C)C)ncn1. The van der Waals surface area contributed by atoms with Crippen LogP contribution in [0.25, 0.3) is 0 Å². The van der Waals surface area contributed by atoms with Gasteiger partial charge in [-0.1, -0.05) is 0 Å². The second kappa shape index (κ2) is 3.82. The first-order valence-electron chi connectivity index (χ1n) is 4.66. The average Bonchev–Trinajstić information content (AvgIpc) is 2.01. The van der Waals surface area contributed by atoms with Crippen LogP contribution >= 0.6 is 0 Å². The summed E-state index contributed by atoms with van der Waals surface area (Å²) in [5.41, 5.74) is 0.0257. The van der Waals surface area contributed by atoms with Gasteiger partial charge in [0.15, 0.2) is 0 Å². The molecule has 0 unspecified atom stereocenters. The van der Waals surface area contributed by atoms with E-state index in [0.717, 1.165) is 11.6 Å². The Bertz CT molecular complexity index is 301. The summed E-state index contributed by atoms with van der Waals surface area (Å²) in [5, 5.41) is 3.30. The number of aromatic nitrogens is 2. The van der Waals surface area contributed by atoms with Crippen LogP contribution in [0.2, 0.25) is 0 Å². The normalized spacial score (nSPS) is 11.2. The van der Waals surface area contributed by atoms with Gasteiger partial charge in [0, 0.05) is 25.7 Å². The lowest BCUT2D eigenvalue weighted by Gasteiger charge is -2.22. The highest BCUT2D eigenvalue weighted by molar-refractivity contribution is 5.48. The minimum atomic E-state index is 0.0257. The molecule has 1 aromatic heterocycles. The van der Waals surface area contributed by atoms with E-state index in [4.69, 9.17) is 0 Å². The van der Waals surface area contributed by atoms with Crippen molar-refractivity contribution in [3.8, 4) is 0 Å². The van der Waals surface area contributed by atoms with Gasteiger partial charge in [0.2, 0.25) is 0 Å². The molecule has 4 heteroatoms. The van der Waals surface area contributed by atoms with Gasteiger partial charge in [-0.2, -0.15) is 0 Å². The van der Waals surface area contributed by atoms with Crippen molar-refractivity contribution in [2.45, 2.75) is 26.3 Å². The predicted octanol–water partition coefficient (Wildman–Crippen LogP) is 1.75. The molecular formula is C10H18N4. The van der Waals surface area contributed by atoms with Crippen LogP contribution in [0.15, 0.2) is 12.4 Å². The number of nitrogens with zero attached hydrogens (tertiary/aromatic N) is 3. The van der Waals surface area contributed by atoms with Crippen LogP contribution in [0.4, 0.5) is 11.6 Å². The topological polar surface area (TPSA) is 41.0 Å². The molecule has 0 aromatic carbocycles. The molecule has 0 bridgehead atoms. The molecule has 78 valence electrons. The Balaban J connectivity index is 2.84. The molecule has 0 amide bonds. The smallest absolute Gasteiger partial charge is 0.133 e. The van der Waals surface area contributed by atoms with Gasteiger partial charge in [0.1, 0.15) is 18.0 Å². The zero-order valence-corrected chi connectivity index (χ0v) is 9.50. The van der Waals surface area contributed by atoms with Crippen LogP contribution in [-0.2, 0) is 0 Å². The van der Waals surface area contributed by atoms with Crippen molar-refractivity contribution in [1.29, 1.82) is 0 Å². The lowest BCUT2D eigenvalue weighted by atomic mass is 10.1. The predicted molar refractivity (Wildman–Crippen MR) is 59.7 cm³/mol. The first-order chi connectivity index (χ1) is 6.38. The molecule has 0 radical (unpaired) electrons. The summed E-state index contributed by atoms with van der Waals surface area (Å²) in [7, 11) is 3.92. The first kappa shape index (κ1) is 10.8. The van der Waals surface area contributed by atoms with E-state index in [-0.39, 0.29) is 5.54 Å². The standard InChI is InChI=1S/C10H18N4/c1-10(2,3)13-8-6-9(14(4)5)12-7-11-8/h6-7H,1-5H3,(H,11,12,13). The molecule has 4 nitrogen and oxygen atoms in total. The summed E-state index contributed by atoms with van der Waals surface area (Å²) in [4.78, 5) is 10.3. The van der Waals surface area contributed by atoms with E-state index in [2.05, 4.69) is 36.1 Å².